The first-order valence-corrected chi connectivity index (χ1v) is 3.88. The quantitative estimate of drug-likeness (QED) is 0.641. The largest absolute Gasteiger partial charge is 0.377 e. The molecule has 11 heavy (non-hydrogen) atoms. The zero-order valence-corrected chi connectivity index (χ0v) is 7.05. The van der Waals surface area contributed by atoms with Crippen molar-refractivity contribution in [2.75, 3.05) is 6.61 Å². The second-order valence-corrected chi connectivity index (χ2v) is 2.49. The normalized spacial score (nSPS) is 10.0. The van der Waals surface area contributed by atoms with E-state index in [9.17, 15) is 0 Å². The van der Waals surface area contributed by atoms with Crippen molar-refractivity contribution in [2.45, 2.75) is 20.5 Å². The summed E-state index contributed by atoms with van der Waals surface area (Å²) in [5.41, 5.74) is 2.51. The SMILES string of the molecule is CCOCc1cc[c]cc1C. The van der Waals surface area contributed by atoms with Crippen molar-refractivity contribution < 1.29 is 4.74 Å². The molecule has 1 nitrogen and oxygen atoms in total. The number of rotatable bonds is 3. The lowest BCUT2D eigenvalue weighted by atomic mass is 10.1. The average molecular weight is 149 g/mol. The third-order valence-electron chi connectivity index (χ3n) is 1.65. The van der Waals surface area contributed by atoms with E-state index in [4.69, 9.17) is 4.74 Å². The minimum Gasteiger partial charge on any atom is -0.377 e. The molecule has 0 amide bonds. The van der Waals surface area contributed by atoms with Crippen molar-refractivity contribution in [3.05, 3.63) is 35.4 Å². The lowest BCUT2D eigenvalue weighted by Gasteiger charge is -2.03. The van der Waals surface area contributed by atoms with Gasteiger partial charge >= 0.3 is 0 Å². The van der Waals surface area contributed by atoms with Crippen LogP contribution < -0.4 is 0 Å². The molecule has 0 aliphatic heterocycles. The van der Waals surface area contributed by atoms with Crippen molar-refractivity contribution in [1.29, 1.82) is 0 Å². The first kappa shape index (κ1) is 8.28. The highest BCUT2D eigenvalue weighted by atomic mass is 16.5. The van der Waals surface area contributed by atoms with E-state index in [1.54, 1.807) is 0 Å². The maximum Gasteiger partial charge on any atom is 0.0719 e. The first-order valence-electron chi connectivity index (χ1n) is 3.88. The number of aryl methyl sites for hydroxylation is 1. The summed E-state index contributed by atoms with van der Waals surface area (Å²) in [6, 6.07) is 8.97. The van der Waals surface area contributed by atoms with Gasteiger partial charge in [0.25, 0.3) is 0 Å². The molecule has 0 spiro atoms. The van der Waals surface area contributed by atoms with E-state index in [0.29, 0.717) is 0 Å². The maximum absolute atomic E-state index is 5.29. The minimum absolute atomic E-state index is 0.719. The molecule has 0 fully saturated rings. The molecular weight excluding hydrogens is 136 g/mol. The molecule has 0 saturated heterocycles. The summed E-state index contributed by atoms with van der Waals surface area (Å²) < 4.78 is 5.29. The van der Waals surface area contributed by atoms with Crippen LogP contribution in [0.25, 0.3) is 0 Å². The third-order valence-corrected chi connectivity index (χ3v) is 1.65. The molecule has 0 aliphatic rings. The van der Waals surface area contributed by atoms with Crippen LogP contribution in [0.3, 0.4) is 0 Å². The van der Waals surface area contributed by atoms with Gasteiger partial charge in [-0.3, -0.25) is 0 Å². The summed E-state index contributed by atoms with van der Waals surface area (Å²) >= 11 is 0. The number of hydrogen-bond acceptors (Lipinski definition) is 1. The molecule has 0 unspecified atom stereocenters. The van der Waals surface area contributed by atoms with E-state index < -0.39 is 0 Å². The molecule has 1 heteroatoms. The van der Waals surface area contributed by atoms with Crippen LogP contribution in [0.1, 0.15) is 18.1 Å². The van der Waals surface area contributed by atoms with Gasteiger partial charge in [-0.25, -0.2) is 0 Å². The van der Waals surface area contributed by atoms with Crippen molar-refractivity contribution in [3.8, 4) is 0 Å². The summed E-state index contributed by atoms with van der Waals surface area (Å²) in [6.07, 6.45) is 0. The fourth-order valence-corrected chi connectivity index (χ4v) is 0.920. The number of benzene rings is 1. The molecule has 1 aromatic carbocycles. The highest BCUT2D eigenvalue weighted by molar-refractivity contribution is 5.23. The fourth-order valence-electron chi connectivity index (χ4n) is 0.920. The smallest absolute Gasteiger partial charge is 0.0719 e. The van der Waals surface area contributed by atoms with Gasteiger partial charge in [0.1, 0.15) is 0 Å². The van der Waals surface area contributed by atoms with E-state index in [2.05, 4.69) is 13.0 Å². The molecule has 1 rings (SSSR count). The Bertz CT molecular complexity index is 218. The first-order chi connectivity index (χ1) is 5.34. The van der Waals surface area contributed by atoms with Crippen LogP contribution in [0, 0.1) is 13.0 Å². The van der Waals surface area contributed by atoms with E-state index >= 15 is 0 Å². The van der Waals surface area contributed by atoms with Crippen molar-refractivity contribution >= 4 is 0 Å². The monoisotopic (exact) mass is 149 g/mol. The Morgan fingerprint density at radius 1 is 1.55 bits per heavy atom. The summed E-state index contributed by atoms with van der Waals surface area (Å²) in [5.74, 6) is 0. The van der Waals surface area contributed by atoms with Gasteiger partial charge in [0.05, 0.1) is 6.61 Å². The van der Waals surface area contributed by atoms with E-state index in [-0.39, 0.29) is 0 Å². The highest BCUT2D eigenvalue weighted by Crippen LogP contribution is 2.07. The lowest BCUT2D eigenvalue weighted by Crippen LogP contribution is -1.93. The standard InChI is InChI=1S/C10H13O/c1-3-11-8-10-7-5-4-6-9(10)2/h5-7H,3,8H2,1-2H3. The van der Waals surface area contributed by atoms with Gasteiger partial charge < -0.3 is 4.74 Å². The van der Waals surface area contributed by atoms with E-state index in [0.717, 1.165) is 13.2 Å². The summed E-state index contributed by atoms with van der Waals surface area (Å²) in [7, 11) is 0. The predicted molar refractivity (Wildman–Crippen MR) is 45.3 cm³/mol. The van der Waals surface area contributed by atoms with Gasteiger partial charge in [0.15, 0.2) is 0 Å². The molecule has 0 aromatic heterocycles. The summed E-state index contributed by atoms with van der Waals surface area (Å²) in [4.78, 5) is 0. The Labute approximate surface area is 68.0 Å². The second-order valence-electron chi connectivity index (χ2n) is 2.49. The average Bonchev–Trinajstić information content (AvgIpc) is 2.03. The van der Waals surface area contributed by atoms with Crippen LogP contribution in [0.15, 0.2) is 18.2 Å². The number of ether oxygens (including phenoxy) is 1. The Morgan fingerprint density at radius 2 is 2.36 bits per heavy atom. The van der Waals surface area contributed by atoms with Gasteiger partial charge in [0, 0.05) is 6.61 Å². The molecule has 0 heterocycles. The molecule has 1 aromatic rings. The molecule has 0 atom stereocenters. The molecule has 0 aliphatic carbocycles. The van der Waals surface area contributed by atoms with Gasteiger partial charge in [-0.05, 0) is 31.0 Å². The highest BCUT2D eigenvalue weighted by Gasteiger charge is 1.94. The Hall–Kier alpha value is -0.820. The Kier molecular flexibility index (Phi) is 3.12. The van der Waals surface area contributed by atoms with Crippen LogP contribution in [-0.2, 0) is 11.3 Å². The molecular formula is C10H13O. The zero-order valence-electron chi connectivity index (χ0n) is 7.05. The van der Waals surface area contributed by atoms with Crippen LogP contribution in [0.5, 0.6) is 0 Å². The van der Waals surface area contributed by atoms with Crippen LogP contribution in [0.4, 0.5) is 0 Å². The zero-order chi connectivity index (χ0) is 8.10. The van der Waals surface area contributed by atoms with E-state index in [1.165, 1.54) is 11.1 Å². The maximum atomic E-state index is 5.29. The third kappa shape index (κ3) is 2.35. The predicted octanol–water partition coefficient (Wildman–Crippen LogP) is 2.33. The Balaban J connectivity index is 2.62. The Morgan fingerprint density at radius 3 is 3.00 bits per heavy atom. The lowest BCUT2D eigenvalue weighted by molar-refractivity contribution is 0.133. The van der Waals surface area contributed by atoms with Crippen LogP contribution >= 0.6 is 0 Å². The van der Waals surface area contributed by atoms with Crippen molar-refractivity contribution in [3.63, 3.8) is 0 Å². The fraction of sp³-hybridized carbons (Fsp3) is 0.400. The topological polar surface area (TPSA) is 9.23 Å². The van der Waals surface area contributed by atoms with Gasteiger partial charge in [-0.15, -0.1) is 0 Å². The molecule has 0 saturated carbocycles. The molecule has 1 radical (unpaired) electrons. The summed E-state index contributed by atoms with van der Waals surface area (Å²) in [5, 5.41) is 0. The summed E-state index contributed by atoms with van der Waals surface area (Å²) in [6.45, 7) is 5.57. The van der Waals surface area contributed by atoms with Gasteiger partial charge in [-0.1, -0.05) is 18.2 Å². The van der Waals surface area contributed by atoms with Crippen molar-refractivity contribution in [1.82, 2.24) is 0 Å². The van der Waals surface area contributed by atoms with Gasteiger partial charge in [-0.2, -0.15) is 0 Å². The minimum atomic E-state index is 0.719. The van der Waals surface area contributed by atoms with Crippen molar-refractivity contribution in [2.24, 2.45) is 0 Å². The molecule has 0 N–H and O–H groups in total. The van der Waals surface area contributed by atoms with Gasteiger partial charge in [0.2, 0.25) is 0 Å². The number of hydrogen-bond donors (Lipinski definition) is 0. The second kappa shape index (κ2) is 4.14. The molecule has 0 bridgehead atoms. The van der Waals surface area contributed by atoms with E-state index in [1.807, 2.05) is 25.1 Å². The van der Waals surface area contributed by atoms with Crippen LogP contribution in [-0.4, -0.2) is 6.61 Å². The van der Waals surface area contributed by atoms with Crippen LogP contribution in [0.2, 0.25) is 0 Å². The molecule has 59 valence electrons.